The molecule has 1 N–H and O–H groups in total. The zero-order chi connectivity index (χ0) is 24.2. The number of fused-ring (bicyclic) bond motifs is 1. The van der Waals surface area contributed by atoms with Crippen molar-refractivity contribution >= 4 is 34.3 Å². The highest BCUT2D eigenvalue weighted by atomic mass is 32.2. The van der Waals surface area contributed by atoms with Crippen LogP contribution in [0.15, 0.2) is 96.3 Å². The molecule has 174 valence electrons. The number of nitrogens with zero attached hydrogens (tertiary/aromatic N) is 4. The van der Waals surface area contributed by atoms with Gasteiger partial charge in [0.25, 0.3) is 0 Å². The van der Waals surface area contributed by atoms with E-state index in [2.05, 4.69) is 20.5 Å². The Balaban J connectivity index is 1.45. The van der Waals surface area contributed by atoms with Crippen molar-refractivity contribution in [2.45, 2.75) is 17.3 Å². The van der Waals surface area contributed by atoms with Crippen LogP contribution in [0.5, 0.6) is 5.75 Å². The molecule has 0 saturated heterocycles. The predicted octanol–water partition coefficient (Wildman–Crippen LogP) is 5.61. The Bertz CT molecular complexity index is 1480. The number of thioether (sulfide) groups is 1. The molecular formula is C27H23N5O2S. The molecule has 1 atom stereocenters. The molecule has 0 fully saturated rings. The first-order valence-corrected chi connectivity index (χ1v) is 12.0. The molecule has 2 heterocycles. The average Bonchev–Trinajstić information content (AvgIpc) is 3.33. The van der Waals surface area contributed by atoms with Gasteiger partial charge in [-0.15, -0.1) is 10.2 Å². The second-order valence-corrected chi connectivity index (χ2v) is 9.14. The highest BCUT2D eigenvalue weighted by Gasteiger charge is 2.22. The molecule has 3 aromatic carbocycles. The summed E-state index contributed by atoms with van der Waals surface area (Å²) in [5.74, 6) is 1.28. The van der Waals surface area contributed by atoms with Gasteiger partial charge in [-0.1, -0.05) is 48.2 Å². The Kier molecular flexibility index (Phi) is 6.45. The number of carbonyl (C=O) groups excluding carboxylic acids is 1. The van der Waals surface area contributed by atoms with Crippen LogP contribution >= 0.6 is 11.8 Å². The number of carbonyl (C=O) groups is 1. The van der Waals surface area contributed by atoms with Crippen molar-refractivity contribution in [2.75, 3.05) is 12.4 Å². The lowest BCUT2D eigenvalue weighted by Crippen LogP contribution is -2.23. The summed E-state index contributed by atoms with van der Waals surface area (Å²) in [6.45, 7) is 1.86. The topological polar surface area (TPSA) is 81.9 Å². The number of anilines is 1. The zero-order valence-corrected chi connectivity index (χ0v) is 20.1. The number of benzene rings is 3. The maximum atomic E-state index is 13.1. The summed E-state index contributed by atoms with van der Waals surface area (Å²) in [6, 6.07) is 27.0. The van der Waals surface area contributed by atoms with E-state index in [4.69, 9.17) is 4.74 Å². The van der Waals surface area contributed by atoms with Crippen LogP contribution in [0.4, 0.5) is 5.69 Å². The third-order valence-corrected chi connectivity index (χ3v) is 6.57. The summed E-state index contributed by atoms with van der Waals surface area (Å²) in [6.07, 6.45) is 1.74. The Hall–Kier alpha value is -4.17. The number of aromatic nitrogens is 4. The van der Waals surface area contributed by atoms with Crippen LogP contribution in [-0.2, 0) is 4.79 Å². The molecule has 0 aliphatic carbocycles. The quantitative estimate of drug-likeness (QED) is 0.304. The van der Waals surface area contributed by atoms with E-state index >= 15 is 0 Å². The van der Waals surface area contributed by atoms with Gasteiger partial charge in [-0.2, -0.15) is 0 Å². The summed E-state index contributed by atoms with van der Waals surface area (Å²) in [7, 11) is 1.63. The van der Waals surface area contributed by atoms with E-state index in [0.717, 1.165) is 33.6 Å². The van der Waals surface area contributed by atoms with Crippen molar-refractivity contribution in [2.24, 2.45) is 0 Å². The van der Waals surface area contributed by atoms with Gasteiger partial charge < -0.3 is 10.1 Å². The van der Waals surface area contributed by atoms with Crippen LogP contribution in [0.2, 0.25) is 0 Å². The van der Waals surface area contributed by atoms with Gasteiger partial charge in [0.2, 0.25) is 5.91 Å². The minimum atomic E-state index is -0.424. The fraction of sp³-hybridized carbons (Fsp3) is 0.111. The smallest absolute Gasteiger partial charge is 0.237 e. The van der Waals surface area contributed by atoms with E-state index in [9.17, 15) is 4.79 Å². The van der Waals surface area contributed by atoms with Crippen LogP contribution in [0.25, 0.3) is 28.0 Å². The lowest BCUT2D eigenvalue weighted by Gasteiger charge is -2.15. The molecule has 2 aromatic heterocycles. The largest absolute Gasteiger partial charge is 0.497 e. The molecule has 0 bridgehead atoms. The van der Waals surface area contributed by atoms with Gasteiger partial charge in [-0.3, -0.25) is 14.3 Å². The van der Waals surface area contributed by atoms with Gasteiger partial charge in [0, 0.05) is 22.8 Å². The van der Waals surface area contributed by atoms with Crippen LogP contribution in [-0.4, -0.2) is 38.0 Å². The van der Waals surface area contributed by atoms with Crippen molar-refractivity contribution in [1.29, 1.82) is 0 Å². The second kappa shape index (κ2) is 9.99. The molecule has 1 amide bonds. The van der Waals surface area contributed by atoms with Gasteiger partial charge >= 0.3 is 0 Å². The van der Waals surface area contributed by atoms with E-state index in [0.29, 0.717) is 11.0 Å². The maximum absolute atomic E-state index is 13.1. The Labute approximate surface area is 207 Å². The number of para-hydroxylation sites is 1. The monoisotopic (exact) mass is 481 g/mol. The number of hydrogen-bond donors (Lipinski definition) is 1. The number of amides is 1. The van der Waals surface area contributed by atoms with Crippen molar-refractivity contribution in [3.8, 4) is 22.8 Å². The molecule has 0 saturated carbocycles. The molecule has 0 radical (unpaired) electrons. The molecule has 1 unspecified atom stereocenters. The average molecular weight is 482 g/mol. The summed E-state index contributed by atoms with van der Waals surface area (Å²) >= 11 is 1.35. The normalized spacial score (nSPS) is 11.8. The molecule has 35 heavy (non-hydrogen) atoms. The highest BCUT2D eigenvalue weighted by molar-refractivity contribution is 8.00. The van der Waals surface area contributed by atoms with Crippen LogP contribution in [0.1, 0.15) is 6.92 Å². The third-order valence-electron chi connectivity index (χ3n) is 5.53. The first-order chi connectivity index (χ1) is 17.1. The maximum Gasteiger partial charge on any atom is 0.237 e. The number of methoxy groups -OCH3 is 1. The number of rotatable bonds is 7. The van der Waals surface area contributed by atoms with Crippen LogP contribution in [0.3, 0.4) is 0 Å². The molecular weight excluding hydrogens is 458 g/mol. The minimum Gasteiger partial charge on any atom is -0.497 e. The van der Waals surface area contributed by atoms with Gasteiger partial charge in [0.05, 0.1) is 23.6 Å². The Morgan fingerprint density at radius 2 is 1.80 bits per heavy atom. The molecule has 8 heteroatoms. The van der Waals surface area contributed by atoms with E-state index in [-0.39, 0.29) is 5.91 Å². The second-order valence-electron chi connectivity index (χ2n) is 7.83. The van der Waals surface area contributed by atoms with E-state index in [1.165, 1.54) is 11.8 Å². The number of ether oxygens (including phenoxy) is 1. The molecule has 5 rings (SSSR count). The van der Waals surface area contributed by atoms with Gasteiger partial charge in [0.1, 0.15) is 5.75 Å². The summed E-state index contributed by atoms with van der Waals surface area (Å²) in [5.41, 5.74) is 3.34. The lowest BCUT2D eigenvalue weighted by atomic mass is 10.2. The fourth-order valence-corrected chi connectivity index (χ4v) is 4.63. The first kappa shape index (κ1) is 22.6. The van der Waals surface area contributed by atoms with E-state index < -0.39 is 5.25 Å². The Morgan fingerprint density at radius 3 is 2.63 bits per heavy atom. The van der Waals surface area contributed by atoms with Gasteiger partial charge in [-0.05, 0) is 55.5 Å². The predicted molar refractivity (Wildman–Crippen MR) is 139 cm³/mol. The SMILES string of the molecule is COc1cccc(-c2nnc(SC(C)C(=O)Nc3cccc4ncccc34)n2-c2ccccc2)c1. The summed E-state index contributed by atoms with van der Waals surface area (Å²) < 4.78 is 7.36. The van der Waals surface area contributed by atoms with Crippen LogP contribution in [0, 0.1) is 0 Å². The molecule has 0 aliphatic rings. The van der Waals surface area contributed by atoms with E-state index in [1.54, 1.807) is 13.3 Å². The van der Waals surface area contributed by atoms with Crippen molar-refractivity contribution in [3.63, 3.8) is 0 Å². The van der Waals surface area contributed by atoms with E-state index in [1.807, 2.05) is 96.4 Å². The fourth-order valence-electron chi connectivity index (χ4n) is 3.76. The number of pyridine rings is 1. The molecule has 5 aromatic rings. The van der Waals surface area contributed by atoms with Crippen molar-refractivity contribution < 1.29 is 9.53 Å². The van der Waals surface area contributed by atoms with Crippen molar-refractivity contribution in [1.82, 2.24) is 19.7 Å². The van der Waals surface area contributed by atoms with Crippen molar-refractivity contribution in [3.05, 3.63) is 91.1 Å². The molecule has 0 aliphatic heterocycles. The third kappa shape index (κ3) is 4.74. The first-order valence-electron chi connectivity index (χ1n) is 11.1. The zero-order valence-electron chi connectivity index (χ0n) is 19.3. The Morgan fingerprint density at radius 1 is 0.971 bits per heavy atom. The van der Waals surface area contributed by atoms with Crippen LogP contribution < -0.4 is 10.1 Å². The summed E-state index contributed by atoms with van der Waals surface area (Å²) in [4.78, 5) is 17.5. The molecule has 0 spiro atoms. The summed E-state index contributed by atoms with van der Waals surface area (Å²) in [5, 5.41) is 13.1. The van der Waals surface area contributed by atoms with Gasteiger partial charge in [0.15, 0.2) is 11.0 Å². The van der Waals surface area contributed by atoms with Gasteiger partial charge in [-0.25, -0.2) is 0 Å². The minimum absolute atomic E-state index is 0.128. The number of hydrogen-bond acceptors (Lipinski definition) is 6. The lowest BCUT2D eigenvalue weighted by molar-refractivity contribution is -0.115. The highest BCUT2D eigenvalue weighted by Crippen LogP contribution is 2.32. The number of nitrogens with one attached hydrogen (secondary N) is 1. The standard InChI is InChI=1S/C27H23N5O2S/c1-18(26(33)29-24-15-7-14-23-22(24)13-8-16-28-23)35-27-31-30-25(19-9-6-12-21(17-19)34-2)32(27)20-10-4-3-5-11-20/h3-18H,1-2H3,(H,29,33). The molecule has 7 nitrogen and oxygen atoms in total.